The second-order valence-corrected chi connectivity index (χ2v) is 7.09. The first kappa shape index (κ1) is 16.5. The van der Waals surface area contributed by atoms with Crippen LogP contribution < -0.4 is 5.32 Å². The third-order valence-corrected chi connectivity index (χ3v) is 4.88. The Kier molecular flexibility index (Phi) is 5.83. The van der Waals surface area contributed by atoms with Gasteiger partial charge in [-0.2, -0.15) is 0 Å². The van der Waals surface area contributed by atoms with E-state index in [1.54, 1.807) is 0 Å². The lowest BCUT2D eigenvalue weighted by Gasteiger charge is -2.33. The van der Waals surface area contributed by atoms with Gasteiger partial charge in [-0.3, -0.25) is 4.90 Å². The number of hydrogen-bond donors (Lipinski definition) is 1. The van der Waals surface area contributed by atoms with Crippen molar-refractivity contribution in [3.05, 3.63) is 34.4 Å². The number of nitrogens with zero attached hydrogens (tertiary/aromatic N) is 1. The normalized spacial score (nSPS) is 16.9. The summed E-state index contributed by atoms with van der Waals surface area (Å²) in [5.74, 6) is 0.861. The van der Waals surface area contributed by atoms with Crippen LogP contribution in [0.4, 0.5) is 0 Å². The van der Waals surface area contributed by atoms with Crippen LogP contribution in [0.5, 0.6) is 0 Å². The summed E-state index contributed by atoms with van der Waals surface area (Å²) in [6.45, 7) is 16.1. The summed E-state index contributed by atoms with van der Waals surface area (Å²) in [7, 11) is 0. The van der Waals surface area contributed by atoms with Gasteiger partial charge in [0.1, 0.15) is 0 Å². The molecule has 0 aliphatic carbocycles. The lowest BCUT2D eigenvalue weighted by Crippen LogP contribution is -2.39. The molecule has 118 valence electrons. The van der Waals surface area contributed by atoms with Crippen molar-refractivity contribution >= 4 is 0 Å². The van der Waals surface area contributed by atoms with Gasteiger partial charge in [-0.1, -0.05) is 17.7 Å². The minimum absolute atomic E-state index is 0.611. The zero-order chi connectivity index (χ0) is 15.4. The van der Waals surface area contributed by atoms with Gasteiger partial charge in [-0.25, -0.2) is 0 Å². The molecular formula is C19H32N2. The second kappa shape index (κ2) is 7.42. The summed E-state index contributed by atoms with van der Waals surface area (Å²) >= 11 is 0. The van der Waals surface area contributed by atoms with Crippen molar-refractivity contribution in [2.45, 2.75) is 60.0 Å². The SMILES string of the molecule is Cc1cc(C)c(CN(CC2CCNCC2)C(C)C)c(C)c1. The molecule has 1 aliphatic heterocycles. The van der Waals surface area contributed by atoms with E-state index in [4.69, 9.17) is 0 Å². The molecule has 0 spiro atoms. The van der Waals surface area contributed by atoms with Crippen LogP contribution >= 0.6 is 0 Å². The largest absolute Gasteiger partial charge is 0.317 e. The summed E-state index contributed by atoms with van der Waals surface area (Å²) in [4.78, 5) is 2.67. The topological polar surface area (TPSA) is 15.3 Å². The Labute approximate surface area is 130 Å². The highest BCUT2D eigenvalue weighted by Crippen LogP contribution is 2.22. The van der Waals surface area contributed by atoms with Gasteiger partial charge in [0.15, 0.2) is 0 Å². The maximum atomic E-state index is 3.47. The van der Waals surface area contributed by atoms with E-state index in [1.165, 1.54) is 54.7 Å². The molecule has 0 unspecified atom stereocenters. The molecule has 1 aliphatic rings. The predicted octanol–water partition coefficient (Wildman–Crippen LogP) is 3.82. The number of benzene rings is 1. The first-order chi connectivity index (χ1) is 9.97. The highest BCUT2D eigenvalue weighted by molar-refractivity contribution is 5.37. The molecule has 0 aromatic heterocycles. The molecule has 1 aromatic carbocycles. The molecule has 2 rings (SSSR count). The van der Waals surface area contributed by atoms with E-state index in [2.05, 4.69) is 57.0 Å². The van der Waals surface area contributed by atoms with E-state index in [0.29, 0.717) is 6.04 Å². The summed E-state index contributed by atoms with van der Waals surface area (Å²) in [5.41, 5.74) is 5.80. The maximum absolute atomic E-state index is 3.47. The molecule has 1 heterocycles. The molecule has 1 aromatic rings. The predicted molar refractivity (Wildman–Crippen MR) is 91.8 cm³/mol. The molecule has 2 heteroatoms. The van der Waals surface area contributed by atoms with Crippen LogP contribution in [-0.4, -0.2) is 30.6 Å². The fourth-order valence-corrected chi connectivity index (χ4v) is 3.52. The first-order valence-electron chi connectivity index (χ1n) is 8.49. The van der Waals surface area contributed by atoms with Crippen LogP contribution in [-0.2, 0) is 6.54 Å². The highest BCUT2D eigenvalue weighted by atomic mass is 15.1. The molecule has 0 radical (unpaired) electrons. The standard InChI is InChI=1S/C19H32N2/c1-14(2)21(12-18-6-8-20-9-7-18)13-19-16(4)10-15(3)11-17(19)5/h10-11,14,18,20H,6-9,12-13H2,1-5H3. The van der Waals surface area contributed by atoms with Crippen molar-refractivity contribution in [2.75, 3.05) is 19.6 Å². The minimum atomic E-state index is 0.611. The van der Waals surface area contributed by atoms with Gasteiger partial charge in [0, 0.05) is 19.1 Å². The van der Waals surface area contributed by atoms with Crippen molar-refractivity contribution < 1.29 is 0 Å². The average molecular weight is 288 g/mol. The van der Waals surface area contributed by atoms with E-state index in [-0.39, 0.29) is 0 Å². The van der Waals surface area contributed by atoms with Crippen molar-refractivity contribution in [3.63, 3.8) is 0 Å². The minimum Gasteiger partial charge on any atom is -0.317 e. The Morgan fingerprint density at radius 2 is 1.67 bits per heavy atom. The zero-order valence-corrected chi connectivity index (χ0v) is 14.5. The van der Waals surface area contributed by atoms with Gasteiger partial charge in [-0.05, 0) is 83.2 Å². The van der Waals surface area contributed by atoms with Gasteiger partial charge in [0.05, 0.1) is 0 Å². The first-order valence-corrected chi connectivity index (χ1v) is 8.49. The molecule has 1 N–H and O–H groups in total. The molecule has 0 saturated carbocycles. The van der Waals surface area contributed by atoms with Crippen LogP contribution in [0.2, 0.25) is 0 Å². The smallest absolute Gasteiger partial charge is 0.0241 e. The monoisotopic (exact) mass is 288 g/mol. The number of hydrogen-bond acceptors (Lipinski definition) is 2. The molecule has 0 bridgehead atoms. The fraction of sp³-hybridized carbons (Fsp3) is 0.684. The van der Waals surface area contributed by atoms with Crippen LogP contribution in [0, 0.1) is 26.7 Å². The summed E-state index contributed by atoms with van der Waals surface area (Å²) < 4.78 is 0. The molecule has 0 atom stereocenters. The highest BCUT2D eigenvalue weighted by Gasteiger charge is 2.20. The molecule has 2 nitrogen and oxygen atoms in total. The maximum Gasteiger partial charge on any atom is 0.0241 e. The quantitative estimate of drug-likeness (QED) is 0.886. The number of rotatable bonds is 5. The van der Waals surface area contributed by atoms with E-state index in [0.717, 1.165) is 12.5 Å². The van der Waals surface area contributed by atoms with E-state index in [1.807, 2.05) is 0 Å². The van der Waals surface area contributed by atoms with Crippen molar-refractivity contribution in [2.24, 2.45) is 5.92 Å². The molecule has 1 saturated heterocycles. The Bertz CT molecular complexity index is 436. The lowest BCUT2D eigenvalue weighted by atomic mass is 9.95. The molecule has 0 amide bonds. The Hall–Kier alpha value is -0.860. The van der Waals surface area contributed by atoms with Crippen LogP contribution in [0.1, 0.15) is 48.9 Å². The van der Waals surface area contributed by atoms with Crippen molar-refractivity contribution in [1.29, 1.82) is 0 Å². The molecular weight excluding hydrogens is 256 g/mol. The zero-order valence-electron chi connectivity index (χ0n) is 14.5. The van der Waals surface area contributed by atoms with Gasteiger partial charge < -0.3 is 5.32 Å². The Morgan fingerprint density at radius 1 is 1.10 bits per heavy atom. The summed E-state index contributed by atoms with van der Waals surface area (Å²) in [6.07, 6.45) is 2.66. The van der Waals surface area contributed by atoms with E-state index >= 15 is 0 Å². The second-order valence-electron chi connectivity index (χ2n) is 7.09. The third kappa shape index (κ3) is 4.55. The van der Waals surface area contributed by atoms with Crippen molar-refractivity contribution in [1.82, 2.24) is 10.2 Å². The number of piperidine rings is 1. The van der Waals surface area contributed by atoms with Crippen LogP contribution in [0.25, 0.3) is 0 Å². The van der Waals surface area contributed by atoms with Crippen LogP contribution in [0.15, 0.2) is 12.1 Å². The fourth-order valence-electron chi connectivity index (χ4n) is 3.52. The lowest BCUT2D eigenvalue weighted by molar-refractivity contribution is 0.161. The van der Waals surface area contributed by atoms with E-state index < -0.39 is 0 Å². The van der Waals surface area contributed by atoms with Gasteiger partial charge in [0.25, 0.3) is 0 Å². The van der Waals surface area contributed by atoms with Gasteiger partial charge in [0.2, 0.25) is 0 Å². The summed E-state index contributed by atoms with van der Waals surface area (Å²) in [6, 6.07) is 5.26. The Morgan fingerprint density at radius 3 is 2.19 bits per heavy atom. The molecule has 21 heavy (non-hydrogen) atoms. The summed E-state index contributed by atoms with van der Waals surface area (Å²) in [5, 5.41) is 3.47. The number of aryl methyl sites for hydroxylation is 3. The van der Waals surface area contributed by atoms with Gasteiger partial charge in [-0.15, -0.1) is 0 Å². The van der Waals surface area contributed by atoms with Crippen molar-refractivity contribution in [3.8, 4) is 0 Å². The van der Waals surface area contributed by atoms with Gasteiger partial charge >= 0.3 is 0 Å². The third-order valence-electron chi connectivity index (χ3n) is 4.88. The van der Waals surface area contributed by atoms with Crippen LogP contribution in [0.3, 0.4) is 0 Å². The molecule has 1 fully saturated rings. The Balaban J connectivity index is 2.09. The average Bonchev–Trinajstić information content (AvgIpc) is 2.42. The number of nitrogens with one attached hydrogen (secondary N) is 1. The van der Waals surface area contributed by atoms with E-state index in [9.17, 15) is 0 Å².